The molecule has 4 unspecified atom stereocenters. The first-order valence-corrected chi connectivity index (χ1v) is 30.2. The monoisotopic (exact) mass is 1030 g/mol. The lowest BCUT2D eigenvalue weighted by molar-refractivity contribution is 0.195. The molecule has 5 heteroatoms. The van der Waals surface area contributed by atoms with Crippen LogP contribution >= 0.6 is 0 Å². The normalized spacial score (nSPS) is 26.1. The first kappa shape index (κ1) is 50.5. The predicted molar refractivity (Wildman–Crippen MR) is 333 cm³/mol. The lowest BCUT2D eigenvalue weighted by Crippen LogP contribution is -2.61. The van der Waals surface area contributed by atoms with E-state index in [1.165, 1.54) is 151 Å². The van der Waals surface area contributed by atoms with E-state index in [1.54, 1.807) is 0 Å². The number of hydrogen-bond acceptors (Lipinski definition) is 4. The van der Waals surface area contributed by atoms with Gasteiger partial charge in [-0.25, -0.2) is 0 Å². The van der Waals surface area contributed by atoms with Crippen LogP contribution in [0, 0.1) is 0 Å². The molecule has 0 saturated heterocycles. The highest BCUT2D eigenvalue weighted by molar-refractivity contribution is 7.00. The summed E-state index contributed by atoms with van der Waals surface area (Å²) in [6, 6.07) is 42.6. The van der Waals surface area contributed by atoms with Gasteiger partial charge in [0.05, 0.1) is 16.9 Å². The summed E-state index contributed by atoms with van der Waals surface area (Å²) in [5.41, 5.74) is 26.4. The van der Waals surface area contributed by atoms with Gasteiger partial charge in [-0.2, -0.15) is 0 Å². The van der Waals surface area contributed by atoms with Crippen LogP contribution in [-0.2, 0) is 43.3 Å². The number of rotatable bonds is 3. The number of hydrogen-bond donors (Lipinski definition) is 0. The Hall–Kier alpha value is -5.68. The number of fused-ring (bicyclic) bond motifs is 15. The third-order valence-electron chi connectivity index (χ3n) is 22.2. The highest BCUT2D eigenvalue weighted by Crippen LogP contribution is 2.64. The number of para-hydroxylation sites is 1. The maximum Gasteiger partial charge on any atom is 0.297 e. The fourth-order valence-corrected chi connectivity index (χ4v) is 17.1. The van der Waals surface area contributed by atoms with Crippen molar-refractivity contribution in [2.45, 2.75) is 224 Å². The van der Waals surface area contributed by atoms with Gasteiger partial charge in [-0.3, -0.25) is 0 Å². The van der Waals surface area contributed by atoms with Gasteiger partial charge in [0.25, 0.3) is 6.71 Å². The first-order chi connectivity index (χ1) is 36.5. The predicted octanol–water partition coefficient (Wildman–Crippen LogP) is 18.2. The Morgan fingerprint density at radius 3 is 1.74 bits per heavy atom. The second-order valence-electron chi connectivity index (χ2n) is 31.5. The molecule has 14 rings (SSSR count). The Morgan fingerprint density at radius 2 is 1.08 bits per heavy atom. The summed E-state index contributed by atoms with van der Waals surface area (Å²) >= 11 is 0. The average Bonchev–Trinajstić information content (AvgIpc) is 3.05. The molecule has 0 amide bonds. The second-order valence-corrected chi connectivity index (χ2v) is 31.5. The van der Waals surface area contributed by atoms with E-state index in [9.17, 15) is 0 Å². The molecule has 2 fully saturated rings. The van der Waals surface area contributed by atoms with Crippen LogP contribution in [0.2, 0.25) is 0 Å². The van der Waals surface area contributed by atoms with Crippen molar-refractivity contribution in [1.82, 2.24) is 0 Å². The molecule has 3 aliphatic heterocycles. The third kappa shape index (κ3) is 6.78. The fraction of sp³-hybridized carbons (Fsp3) is 0.479. The van der Waals surface area contributed by atoms with E-state index in [0.717, 1.165) is 24.1 Å². The number of benzene rings is 6. The van der Waals surface area contributed by atoms with E-state index >= 15 is 0 Å². The van der Waals surface area contributed by atoms with Crippen LogP contribution in [0.25, 0.3) is 11.0 Å². The van der Waals surface area contributed by atoms with Crippen LogP contribution < -0.4 is 31.3 Å². The van der Waals surface area contributed by atoms with E-state index in [-0.39, 0.29) is 55.6 Å². The first-order valence-electron chi connectivity index (χ1n) is 30.2. The van der Waals surface area contributed by atoms with Crippen molar-refractivity contribution in [1.29, 1.82) is 0 Å². The average molecular weight is 1030 g/mol. The molecule has 78 heavy (non-hydrogen) atoms. The van der Waals surface area contributed by atoms with E-state index in [1.807, 2.05) is 0 Å². The molecule has 4 heterocycles. The fourth-order valence-electron chi connectivity index (χ4n) is 17.1. The van der Waals surface area contributed by atoms with Crippen molar-refractivity contribution in [2.75, 3.05) is 14.7 Å². The number of anilines is 8. The van der Waals surface area contributed by atoms with Crippen LogP contribution in [-0.4, -0.2) is 12.3 Å². The molecule has 0 N–H and O–H groups in total. The summed E-state index contributed by atoms with van der Waals surface area (Å²) in [5.74, 6) is 0. The minimum absolute atomic E-state index is 0.00713. The van der Waals surface area contributed by atoms with Crippen molar-refractivity contribution in [2.24, 2.45) is 0 Å². The molecule has 2 bridgehead atoms. The highest BCUT2D eigenvalue weighted by Gasteiger charge is 2.59. The molecule has 4 atom stereocenters. The van der Waals surface area contributed by atoms with Crippen molar-refractivity contribution in [3.63, 3.8) is 0 Å². The van der Waals surface area contributed by atoms with Crippen molar-refractivity contribution in [3.8, 4) is 0 Å². The van der Waals surface area contributed by atoms with Crippen LogP contribution in [0.4, 0.5) is 45.5 Å². The van der Waals surface area contributed by atoms with Gasteiger partial charge in [-0.1, -0.05) is 166 Å². The minimum atomic E-state index is -0.156. The zero-order chi connectivity index (χ0) is 55.0. The molecule has 6 aromatic carbocycles. The Kier molecular flexibility index (Phi) is 10.1. The molecular weight excluding hydrogens is 946 g/mol. The molecule has 7 aromatic rings. The molecule has 0 radical (unpaired) electrons. The molecule has 0 spiro atoms. The summed E-state index contributed by atoms with van der Waals surface area (Å²) in [4.78, 5) is 8.27. The molecular formula is C73H86BN3O. The van der Waals surface area contributed by atoms with Crippen LogP contribution in [0.1, 0.15) is 220 Å². The summed E-state index contributed by atoms with van der Waals surface area (Å²) in [6.07, 6.45) is 10.8. The van der Waals surface area contributed by atoms with Gasteiger partial charge in [0.2, 0.25) is 0 Å². The van der Waals surface area contributed by atoms with Crippen LogP contribution in [0.3, 0.4) is 0 Å². The minimum Gasteiger partial charge on any atom is -0.468 e. The summed E-state index contributed by atoms with van der Waals surface area (Å²) < 4.78 is 7.85. The smallest absolute Gasteiger partial charge is 0.297 e. The Labute approximate surface area is 468 Å². The maximum atomic E-state index is 7.85. The maximum absolute atomic E-state index is 7.85. The Balaban J connectivity index is 1.15. The quantitative estimate of drug-likeness (QED) is 0.165. The van der Waals surface area contributed by atoms with E-state index in [4.69, 9.17) is 4.42 Å². The van der Waals surface area contributed by atoms with Gasteiger partial charge in [0, 0.05) is 50.6 Å². The Morgan fingerprint density at radius 1 is 0.462 bits per heavy atom. The van der Waals surface area contributed by atoms with E-state index < -0.39 is 0 Å². The summed E-state index contributed by atoms with van der Waals surface area (Å²) in [5, 5.41) is 1.25. The molecule has 2 saturated carbocycles. The zero-order valence-electron chi connectivity index (χ0n) is 50.5. The third-order valence-corrected chi connectivity index (χ3v) is 22.2. The van der Waals surface area contributed by atoms with Crippen molar-refractivity contribution >= 4 is 79.8 Å². The standard InChI is InChI=1S/C73H86BN3O/c1-65(2,3)44-24-27-58-56(37-44)74-62-59(75(58)48-35-45(66(4,5)6)34-46(36-48)67(7,8)9)39-49(77-57-23-19-18-22-52(57)72(16)28-20-21-29-73(72,77)17)40-60(62)76(47-25-26-51-53(38-47)69(12,13)31-30-68(51,10)11)63-50-41-54-55(42-61(50)78-64(63)74)71(15)33-32-70(54,14)43-71/h18-19,22-27,34-42H,20-21,28-33,43H2,1-17H3. The zero-order valence-corrected chi connectivity index (χ0v) is 50.5. The largest absolute Gasteiger partial charge is 0.468 e. The second kappa shape index (κ2) is 15.6. The van der Waals surface area contributed by atoms with Gasteiger partial charge < -0.3 is 19.1 Å². The van der Waals surface area contributed by atoms with Gasteiger partial charge >= 0.3 is 0 Å². The van der Waals surface area contributed by atoms with E-state index in [0.29, 0.717) is 0 Å². The van der Waals surface area contributed by atoms with Gasteiger partial charge in [0.1, 0.15) is 5.58 Å². The SMILES string of the molecule is CC(C)(C)c1cc(N2c3ccc(C(C)(C)C)cc3B3c4oc5cc6c(cc5c4N(c4ccc5c(c4)C(C)(C)CCC5(C)C)c4cc(N5c7ccccc7C7(C)CCCCC57C)cc2c43)C2(C)CCC6(C)C2)cc(C(C)(C)C)c1. The van der Waals surface area contributed by atoms with Crippen molar-refractivity contribution < 1.29 is 4.42 Å². The lowest BCUT2D eigenvalue weighted by atomic mass is 9.35. The van der Waals surface area contributed by atoms with Gasteiger partial charge in [-0.15, -0.1) is 0 Å². The topological polar surface area (TPSA) is 22.9 Å². The number of nitrogens with zero attached hydrogens (tertiary/aromatic N) is 3. The van der Waals surface area contributed by atoms with E-state index in [2.05, 4.69) is 236 Å². The summed E-state index contributed by atoms with van der Waals surface area (Å²) in [7, 11) is 0. The summed E-state index contributed by atoms with van der Waals surface area (Å²) in [6.45, 7) is 41.4. The molecule has 4 aliphatic carbocycles. The lowest BCUT2D eigenvalue weighted by Gasteiger charge is -2.51. The van der Waals surface area contributed by atoms with Gasteiger partial charge in [0.15, 0.2) is 0 Å². The van der Waals surface area contributed by atoms with Crippen LogP contribution in [0.15, 0.2) is 108 Å². The molecule has 4 nitrogen and oxygen atoms in total. The molecule has 1 aromatic heterocycles. The number of furan rings is 1. The molecule has 402 valence electrons. The highest BCUT2D eigenvalue weighted by atomic mass is 16.3. The van der Waals surface area contributed by atoms with Gasteiger partial charge in [-0.05, 0) is 206 Å². The van der Waals surface area contributed by atoms with Crippen LogP contribution in [0.5, 0.6) is 0 Å². The Bertz CT molecular complexity index is 3710. The molecule has 7 aliphatic rings. The van der Waals surface area contributed by atoms with Crippen molar-refractivity contribution in [3.05, 3.63) is 148 Å².